The highest BCUT2D eigenvalue weighted by Gasteiger charge is 2.70. The van der Waals surface area contributed by atoms with Gasteiger partial charge in [-0.1, -0.05) is 18.5 Å². The lowest BCUT2D eigenvalue weighted by Gasteiger charge is -2.69. The molecule has 2 N–H and O–H groups in total. The van der Waals surface area contributed by atoms with Crippen LogP contribution in [-0.2, 0) is 20.2 Å². The van der Waals surface area contributed by atoms with Gasteiger partial charge in [-0.25, -0.2) is 9.71 Å². The average Bonchev–Trinajstić information content (AvgIpc) is 3.30. The summed E-state index contributed by atoms with van der Waals surface area (Å²) in [6, 6.07) is 8.12. The maximum absolute atomic E-state index is 12.6. The molecule has 3 saturated carbocycles. The summed E-state index contributed by atoms with van der Waals surface area (Å²) in [5.74, 6) is -1.20. The second-order valence-corrected chi connectivity index (χ2v) is 11.7. The van der Waals surface area contributed by atoms with Crippen LogP contribution in [0.2, 0.25) is 5.02 Å². The lowest BCUT2D eigenvalue weighted by Crippen LogP contribution is -2.76. The molecule has 0 radical (unpaired) electrons. The topological polar surface area (TPSA) is 118 Å². The Balaban J connectivity index is 1.23. The van der Waals surface area contributed by atoms with E-state index in [1.807, 2.05) is 22.9 Å². The van der Waals surface area contributed by atoms with E-state index in [9.17, 15) is 18.0 Å². The SMILES string of the molecule is CCCC(=O)NS(=O)(=O)c1ccc(C(=O)NC23CC(c4nc5ccc(Cl)cc5s4)(C2)C3)o1. The largest absolute Gasteiger partial charge is 0.438 e. The molecule has 6 rings (SSSR count). The smallest absolute Gasteiger partial charge is 0.297 e. The molecule has 2 bridgehead atoms. The van der Waals surface area contributed by atoms with Gasteiger partial charge in [0.25, 0.3) is 15.9 Å². The van der Waals surface area contributed by atoms with E-state index in [1.165, 1.54) is 12.1 Å². The van der Waals surface area contributed by atoms with Crippen molar-refractivity contribution in [2.45, 2.75) is 55.1 Å². The van der Waals surface area contributed by atoms with Crippen LogP contribution in [0.3, 0.4) is 0 Å². The number of nitrogens with zero attached hydrogens (tertiary/aromatic N) is 1. The monoisotopic (exact) mass is 493 g/mol. The van der Waals surface area contributed by atoms with Crippen molar-refractivity contribution in [2.24, 2.45) is 0 Å². The number of fused-ring (bicyclic) bond motifs is 1. The van der Waals surface area contributed by atoms with Crippen LogP contribution in [0.1, 0.15) is 54.6 Å². The van der Waals surface area contributed by atoms with Crippen molar-refractivity contribution in [2.75, 3.05) is 0 Å². The number of halogens is 1. The van der Waals surface area contributed by atoms with Crippen LogP contribution in [0.25, 0.3) is 10.2 Å². The minimum atomic E-state index is -4.14. The number of amides is 2. The van der Waals surface area contributed by atoms with Gasteiger partial charge in [-0.3, -0.25) is 9.59 Å². The Morgan fingerprint density at radius 2 is 1.97 bits per heavy atom. The minimum absolute atomic E-state index is 0.0231. The van der Waals surface area contributed by atoms with Gasteiger partial charge in [0, 0.05) is 22.4 Å². The summed E-state index contributed by atoms with van der Waals surface area (Å²) in [6.45, 7) is 1.77. The fraction of sp³-hybridized carbons (Fsp3) is 0.381. The molecular formula is C21H20ClN3O5S2. The molecule has 0 spiro atoms. The van der Waals surface area contributed by atoms with Crippen molar-refractivity contribution >= 4 is 55.0 Å². The first-order valence-electron chi connectivity index (χ1n) is 10.2. The van der Waals surface area contributed by atoms with Crippen molar-refractivity contribution in [3.8, 4) is 0 Å². The highest BCUT2D eigenvalue weighted by molar-refractivity contribution is 7.89. The quantitative estimate of drug-likeness (QED) is 0.517. The molecule has 3 aliphatic carbocycles. The molecular weight excluding hydrogens is 474 g/mol. The maximum Gasteiger partial charge on any atom is 0.297 e. The van der Waals surface area contributed by atoms with Crippen molar-refractivity contribution in [3.05, 3.63) is 46.1 Å². The predicted molar refractivity (Wildman–Crippen MR) is 119 cm³/mol. The van der Waals surface area contributed by atoms with Crippen LogP contribution in [-0.4, -0.2) is 30.8 Å². The summed E-state index contributed by atoms with van der Waals surface area (Å²) in [7, 11) is -4.14. The average molecular weight is 494 g/mol. The number of rotatable bonds is 7. The Labute approximate surface area is 193 Å². The second-order valence-electron chi connectivity index (χ2n) is 8.57. The molecule has 0 unspecified atom stereocenters. The van der Waals surface area contributed by atoms with E-state index < -0.39 is 26.9 Å². The Morgan fingerprint density at radius 3 is 2.69 bits per heavy atom. The summed E-state index contributed by atoms with van der Waals surface area (Å²) in [6.07, 6.45) is 2.93. The zero-order chi connectivity index (χ0) is 22.7. The van der Waals surface area contributed by atoms with Gasteiger partial charge in [0.2, 0.25) is 11.0 Å². The van der Waals surface area contributed by atoms with Gasteiger partial charge in [-0.05, 0) is 56.0 Å². The van der Waals surface area contributed by atoms with Crippen molar-refractivity contribution in [1.82, 2.24) is 15.0 Å². The molecule has 0 atom stereocenters. The summed E-state index contributed by atoms with van der Waals surface area (Å²) in [4.78, 5) is 29.0. The van der Waals surface area contributed by atoms with E-state index in [4.69, 9.17) is 21.0 Å². The molecule has 2 amide bonds. The maximum atomic E-state index is 12.6. The molecule has 0 saturated heterocycles. The van der Waals surface area contributed by atoms with Crippen LogP contribution in [0.15, 0.2) is 39.8 Å². The van der Waals surface area contributed by atoms with E-state index in [0.717, 1.165) is 34.5 Å². The first kappa shape index (κ1) is 21.4. The van der Waals surface area contributed by atoms with Crippen LogP contribution in [0.4, 0.5) is 0 Å². The molecule has 0 aliphatic heterocycles. The standard InChI is InChI=1S/C21H20ClN3O5S2/c1-2-3-16(26)25-32(28,29)17-7-6-14(30-17)18(27)24-21-9-20(10-21,11-21)19-23-13-5-4-12(22)8-15(13)31-19/h4-8H,2-3,9-11H2,1H3,(H,24,27)(H,25,26). The molecule has 1 aromatic carbocycles. The number of hydrogen-bond acceptors (Lipinski definition) is 7. The Bertz CT molecular complexity index is 1340. The van der Waals surface area contributed by atoms with Gasteiger partial charge in [0.15, 0.2) is 5.76 Å². The molecule has 3 fully saturated rings. The van der Waals surface area contributed by atoms with Crippen LogP contribution >= 0.6 is 22.9 Å². The van der Waals surface area contributed by atoms with E-state index in [2.05, 4.69) is 5.32 Å². The normalized spacial score (nSPS) is 23.9. The summed E-state index contributed by atoms with van der Waals surface area (Å²) in [5.41, 5.74) is 0.575. The molecule has 3 aromatic rings. The molecule has 2 heterocycles. The number of carbonyl (C=O) groups is 2. The molecule has 168 valence electrons. The summed E-state index contributed by atoms with van der Waals surface area (Å²) < 4.78 is 32.7. The molecule has 32 heavy (non-hydrogen) atoms. The number of thiazole rings is 1. The zero-order valence-electron chi connectivity index (χ0n) is 17.1. The van der Waals surface area contributed by atoms with Crippen LogP contribution < -0.4 is 10.0 Å². The van der Waals surface area contributed by atoms with E-state index in [-0.39, 0.29) is 23.1 Å². The Morgan fingerprint density at radius 1 is 1.22 bits per heavy atom. The molecule has 11 heteroatoms. The van der Waals surface area contributed by atoms with Crippen molar-refractivity contribution < 1.29 is 22.4 Å². The molecule has 2 aromatic heterocycles. The highest BCUT2D eigenvalue weighted by Crippen LogP contribution is 2.68. The number of nitrogens with one attached hydrogen (secondary N) is 2. The number of carbonyl (C=O) groups excluding carboxylic acids is 2. The lowest BCUT2D eigenvalue weighted by molar-refractivity contribution is -0.119. The number of hydrogen-bond donors (Lipinski definition) is 2. The third kappa shape index (κ3) is 3.50. The van der Waals surface area contributed by atoms with Gasteiger partial charge in [-0.2, -0.15) is 8.42 Å². The molecule has 8 nitrogen and oxygen atoms in total. The fourth-order valence-corrected chi connectivity index (χ4v) is 7.02. The van der Waals surface area contributed by atoms with Gasteiger partial charge in [0.05, 0.1) is 10.2 Å². The number of aromatic nitrogens is 1. The number of sulfonamides is 1. The highest BCUT2D eigenvalue weighted by atomic mass is 35.5. The summed E-state index contributed by atoms with van der Waals surface area (Å²) >= 11 is 7.70. The lowest BCUT2D eigenvalue weighted by atomic mass is 9.39. The van der Waals surface area contributed by atoms with Crippen LogP contribution in [0.5, 0.6) is 0 Å². The Hall–Kier alpha value is -2.43. The first-order valence-corrected chi connectivity index (χ1v) is 12.9. The zero-order valence-corrected chi connectivity index (χ0v) is 19.5. The van der Waals surface area contributed by atoms with Crippen molar-refractivity contribution in [1.29, 1.82) is 0 Å². The fourth-order valence-electron chi connectivity index (χ4n) is 4.64. The number of furan rings is 1. The third-order valence-corrected chi connectivity index (χ3v) is 8.75. The molecule has 3 aliphatic rings. The predicted octanol–water partition coefficient (Wildman–Crippen LogP) is 3.75. The van der Waals surface area contributed by atoms with E-state index in [1.54, 1.807) is 18.3 Å². The van der Waals surface area contributed by atoms with Crippen LogP contribution in [0, 0.1) is 0 Å². The second kappa shape index (κ2) is 7.29. The van der Waals surface area contributed by atoms with Gasteiger partial charge in [-0.15, -0.1) is 11.3 Å². The van der Waals surface area contributed by atoms with Gasteiger partial charge < -0.3 is 9.73 Å². The van der Waals surface area contributed by atoms with E-state index in [0.29, 0.717) is 11.4 Å². The van der Waals surface area contributed by atoms with Gasteiger partial charge in [0.1, 0.15) is 5.01 Å². The van der Waals surface area contributed by atoms with Crippen molar-refractivity contribution in [3.63, 3.8) is 0 Å². The van der Waals surface area contributed by atoms with E-state index >= 15 is 0 Å². The summed E-state index contributed by atoms with van der Waals surface area (Å²) in [5, 5.41) is 4.25. The minimum Gasteiger partial charge on any atom is -0.438 e. The number of benzene rings is 1. The van der Waals surface area contributed by atoms with Gasteiger partial charge >= 0.3 is 0 Å². The Kier molecular flexibility index (Phi) is 4.88. The first-order chi connectivity index (χ1) is 15.1. The third-order valence-electron chi connectivity index (χ3n) is 6.01.